The Morgan fingerprint density at radius 3 is 2.88 bits per heavy atom. The Bertz CT molecular complexity index is 63.4. The largest absolute Gasteiger partial charge is 0.424 e. The van der Waals surface area contributed by atoms with E-state index < -0.39 is 0 Å². The van der Waals surface area contributed by atoms with E-state index in [9.17, 15) is 0 Å². The summed E-state index contributed by atoms with van der Waals surface area (Å²) in [5.74, 6) is 0. The molecule has 1 heterocycles. The molecule has 2 nitrogen and oxygen atoms in total. The van der Waals surface area contributed by atoms with Crippen molar-refractivity contribution in [3.8, 4) is 0 Å². The Morgan fingerprint density at radius 1 is 1.75 bits per heavy atom. The van der Waals surface area contributed by atoms with Crippen LogP contribution in [-0.4, -0.2) is 29.6 Å². The molecule has 0 N–H and O–H groups in total. The average molecular weight is 132 g/mol. The molecule has 3 heteroatoms. The predicted molar refractivity (Wildman–Crippen MR) is 34.7 cm³/mol. The van der Waals surface area contributed by atoms with Crippen molar-refractivity contribution in [3.05, 3.63) is 0 Å². The summed E-state index contributed by atoms with van der Waals surface area (Å²) in [5, 5.41) is 0. The summed E-state index contributed by atoms with van der Waals surface area (Å²) in [6.07, 6.45) is 0. The summed E-state index contributed by atoms with van der Waals surface area (Å²) in [6.45, 7) is 4.87. The van der Waals surface area contributed by atoms with Gasteiger partial charge in [0.15, 0.2) is 9.76 Å². The van der Waals surface area contributed by atoms with Gasteiger partial charge in [0.05, 0.1) is 13.2 Å². The Kier molecular flexibility index (Phi) is 2.52. The highest BCUT2D eigenvalue weighted by Crippen LogP contribution is 2.14. The monoisotopic (exact) mass is 132 g/mol. The van der Waals surface area contributed by atoms with Crippen LogP contribution in [-0.2, 0) is 9.16 Å². The van der Waals surface area contributed by atoms with Crippen molar-refractivity contribution in [1.82, 2.24) is 0 Å². The topological polar surface area (TPSA) is 18.5 Å². The van der Waals surface area contributed by atoms with Crippen LogP contribution >= 0.6 is 0 Å². The molecule has 1 aliphatic heterocycles. The van der Waals surface area contributed by atoms with Gasteiger partial charge in [-0.2, -0.15) is 0 Å². The van der Waals surface area contributed by atoms with Crippen molar-refractivity contribution in [1.29, 1.82) is 0 Å². The minimum Gasteiger partial charge on any atom is -0.424 e. The zero-order chi connectivity index (χ0) is 5.82. The summed E-state index contributed by atoms with van der Waals surface area (Å²) < 4.78 is 10.3. The maximum atomic E-state index is 5.30. The molecule has 8 heavy (non-hydrogen) atoms. The van der Waals surface area contributed by atoms with E-state index in [1.54, 1.807) is 0 Å². The number of rotatable bonds is 3. The molecule has 0 aliphatic carbocycles. The van der Waals surface area contributed by atoms with Crippen LogP contribution in [0.1, 0.15) is 6.92 Å². The molecule has 0 bridgehead atoms. The SMILES string of the molecule is CCO[SiH2]C1COC1. The first-order valence-electron chi connectivity index (χ1n) is 3.09. The molecule has 1 fully saturated rings. The Labute approximate surface area is 52.1 Å². The third-order valence-electron chi connectivity index (χ3n) is 1.26. The van der Waals surface area contributed by atoms with Crippen LogP contribution in [0.4, 0.5) is 0 Å². The zero-order valence-corrected chi connectivity index (χ0v) is 6.64. The van der Waals surface area contributed by atoms with Gasteiger partial charge in [-0.3, -0.25) is 0 Å². The quantitative estimate of drug-likeness (QED) is 0.500. The molecular weight excluding hydrogens is 120 g/mol. The van der Waals surface area contributed by atoms with E-state index in [2.05, 4.69) is 0 Å². The molecule has 0 amide bonds. The molecule has 1 saturated heterocycles. The summed E-state index contributed by atoms with van der Waals surface area (Å²) in [5.41, 5.74) is 0.829. The van der Waals surface area contributed by atoms with Gasteiger partial charge in [-0.1, -0.05) is 0 Å². The highest BCUT2D eigenvalue weighted by atomic mass is 28.2. The van der Waals surface area contributed by atoms with E-state index in [4.69, 9.17) is 9.16 Å². The third-order valence-corrected chi connectivity index (χ3v) is 2.85. The normalized spacial score (nSPS) is 22.1. The zero-order valence-electron chi connectivity index (χ0n) is 5.22. The first-order chi connectivity index (χ1) is 3.93. The van der Waals surface area contributed by atoms with Gasteiger partial charge in [-0.05, 0) is 6.92 Å². The maximum Gasteiger partial charge on any atom is 0.169 e. The van der Waals surface area contributed by atoms with Crippen molar-refractivity contribution >= 4 is 9.76 Å². The van der Waals surface area contributed by atoms with E-state index in [0.29, 0.717) is 0 Å². The van der Waals surface area contributed by atoms with Gasteiger partial charge in [0, 0.05) is 12.1 Å². The average Bonchev–Trinajstić information content (AvgIpc) is 1.63. The maximum absolute atomic E-state index is 5.30. The Morgan fingerprint density at radius 2 is 2.50 bits per heavy atom. The lowest BCUT2D eigenvalue weighted by Gasteiger charge is -2.24. The summed E-state index contributed by atoms with van der Waals surface area (Å²) in [4.78, 5) is 0. The van der Waals surface area contributed by atoms with Crippen LogP contribution in [0.2, 0.25) is 5.54 Å². The Hall–Kier alpha value is 0.137. The number of hydrogen-bond donors (Lipinski definition) is 0. The van der Waals surface area contributed by atoms with Gasteiger partial charge in [-0.25, -0.2) is 0 Å². The van der Waals surface area contributed by atoms with Crippen molar-refractivity contribution in [3.63, 3.8) is 0 Å². The molecule has 0 unspecified atom stereocenters. The van der Waals surface area contributed by atoms with Crippen molar-refractivity contribution < 1.29 is 9.16 Å². The molecule has 0 spiro atoms. The summed E-state index contributed by atoms with van der Waals surface area (Å²) >= 11 is 0. The number of ether oxygens (including phenoxy) is 1. The molecular formula is C5H12O2Si. The van der Waals surface area contributed by atoms with Crippen LogP contribution in [0.3, 0.4) is 0 Å². The molecule has 0 aromatic heterocycles. The van der Waals surface area contributed by atoms with E-state index in [1.807, 2.05) is 6.92 Å². The van der Waals surface area contributed by atoms with Gasteiger partial charge in [0.1, 0.15) is 0 Å². The van der Waals surface area contributed by atoms with Crippen LogP contribution in [0.15, 0.2) is 0 Å². The lowest BCUT2D eigenvalue weighted by atomic mass is 10.4. The van der Waals surface area contributed by atoms with Crippen molar-refractivity contribution in [2.24, 2.45) is 0 Å². The molecule has 0 saturated carbocycles. The van der Waals surface area contributed by atoms with Crippen LogP contribution < -0.4 is 0 Å². The van der Waals surface area contributed by atoms with Crippen LogP contribution in [0, 0.1) is 0 Å². The molecule has 1 rings (SSSR count). The lowest BCUT2D eigenvalue weighted by molar-refractivity contribution is 0.0312. The van der Waals surface area contributed by atoms with E-state index in [-0.39, 0.29) is 9.76 Å². The van der Waals surface area contributed by atoms with Crippen LogP contribution in [0.5, 0.6) is 0 Å². The van der Waals surface area contributed by atoms with Crippen molar-refractivity contribution in [2.45, 2.75) is 12.5 Å². The Balaban J connectivity index is 1.86. The standard InChI is InChI=1S/C5H12O2Si/c1-2-7-8-5-3-6-4-5/h5H,2-4,8H2,1H3. The summed E-state index contributed by atoms with van der Waals surface area (Å²) in [7, 11) is -0.203. The first kappa shape index (κ1) is 6.26. The van der Waals surface area contributed by atoms with Gasteiger partial charge in [-0.15, -0.1) is 0 Å². The van der Waals surface area contributed by atoms with Gasteiger partial charge < -0.3 is 9.16 Å². The highest BCUT2D eigenvalue weighted by Gasteiger charge is 2.18. The molecule has 48 valence electrons. The lowest BCUT2D eigenvalue weighted by Crippen LogP contribution is -2.28. The predicted octanol–water partition coefficient (Wildman–Crippen LogP) is -0.0746. The molecule has 0 aromatic rings. The second-order valence-corrected chi connectivity index (χ2v) is 3.96. The highest BCUT2D eigenvalue weighted by molar-refractivity contribution is 6.30. The molecule has 0 aromatic carbocycles. The van der Waals surface area contributed by atoms with Crippen LogP contribution in [0.25, 0.3) is 0 Å². The molecule has 0 radical (unpaired) electrons. The van der Waals surface area contributed by atoms with E-state index >= 15 is 0 Å². The van der Waals surface area contributed by atoms with Gasteiger partial charge in [0.2, 0.25) is 0 Å². The van der Waals surface area contributed by atoms with E-state index in [1.165, 1.54) is 0 Å². The van der Waals surface area contributed by atoms with Crippen molar-refractivity contribution in [2.75, 3.05) is 19.8 Å². The minimum absolute atomic E-state index is 0.203. The molecule has 0 atom stereocenters. The fourth-order valence-corrected chi connectivity index (χ4v) is 1.76. The smallest absolute Gasteiger partial charge is 0.169 e. The minimum atomic E-state index is -0.203. The fraction of sp³-hybridized carbons (Fsp3) is 1.00. The second kappa shape index (κ2) is 3.22. The van der Waals surface area contributed by atoms with Gasteiger partial charge in [0.25, 0.3) is 0 Å². The van der Waals surface area contributed by atoms with E-state index in [0.717, 1.165) is 25.4 Å². The molecule has 1 aliphatic rings. The first-order valence-corrected chi connectivity index (χ1v) is 4.48. The third kappa shape index (κ3) is 1.58. The number of hydrogen-bond acceptors (Lipinski definition) is 2. The van der Waals surface area contributed by atoms with Gasteiger partial charge >= 0.3 is 0 Å². The summed E-state index contributed by atoms with van der Waals surface area (Å²) in [6, 6.07) is 0. The second-order valence-electron chi connectivity index (χ2n) is 2.06. The fourth-order valence-electron chi connectivity index (χ4n) is 0.665.